The second kappa shape index (κ2) is 6.09. The first-order valence-electron chi connectivity index (χ1n) is 7.02. The number of ether oxygens (including phenoxy) is 1. The van der Waals surface area contributed by atoms with Crippen molar-refractivity contribution in [3.8, 4) is 5.75 Å². The fourth-order valence-corrected chi connectivity index (χ4v) is 3.23. The van der Waals surface area contributed by atoms with E-state index in [4.69, 9.17) is 9.84 Å². The molecule has 3 heteroatoms. The van der Waals surface area contributed by atoms with Gasteiger partial charge in [0.1, 0.15) is 5.75 Å². The Morgan fingerprint density at radius 3 is 2.53 bits per heavy atom. The second-order valence-corrected chi connectivity index (χ2v) is 5.40. The molecule has 3 atom stereocenters. The molecule has 3 nitrogen and oxygen atoms in total. The van der Waals surface area contributed by atoms with Crippen LogP contribution < -0.4 is 4.74 Å². The molecule has 104 valence electrons. The van der Waals surface area contributed by atoms with Gasteiger partial charge in [-0.05, 0) is 48.8 Å². The molecule has 0 radical (unpaired) electrons. The molecule has 0 amide bonds. The monoisotopic (exact) mass is 262 g/mol. The van der Waals surface area contributed by atoms with E-state index in [1.807, 2.05) is 12.1 Å². The van der Waals surface area contributed by atoms with Crippen LogP contribution in [0.5, 0.6) is 5.75 Å². The zero-order valence-corrected chi connectivity index (χ0v) is 11.6. The second-order valence-electron chi connectivity index (χ2n) is 5.40. The third-order valence-corrected chi connectivity index (χ3v) is 4.40. The fourth-order valence-electron chi connectivity index (χ4n) is 3.23. The lowest BCUT2D eigenvalue weighted by Crippen LogP contribution is -2.27. The van der Waals surface area contributed by atoms with Gasteiger partial charge < -0.3 is 9.84 Å². The van der Waals surface area contributed by atoms with E-state index in [2.05, 4.69) is 19.1 Å². The number of rotatable bonds is 4. The van der Waals surface area contributed by atoms with E-state index in [0.717, 1.165) is 31.4 Å². The average Bonchev–Trinajstić information content (AvgIpc) is 2.46. The Kier molecular flexibility index (Phi) is 4.46. The van der Waals surface area contributed by atoms with Gasteiger partial charge in [-0.3, -0.25) is 4.79 Å². The van der Waals surface area contributed by atoms with Crippen LogP contribution in [0.25, 0.3) is 0 Å². The summed E-state index contributed by atoms with van der Waals surface area (Å²) in [5.74, 6) is 1.05. The van der Waals surface area contributed by atoms with Crippen molar-refractivity contribution in [2.75, 3.05) is 7.11 Å². The van der Waals surface area contributed by atoms with E-state index in [9.17, 15) is 4.79 Å². The number of aliphatic carboxylic acids is 1. The molecule has 0 aliphatic heterocycles. The predicted octanol–water partition coefficient (Wildman–Crippen LogP) is 3.69. The molecule has 0 unspecified atom stereocenters. The summed E-state index contributed by atoms with van der Waals surface area (Å²) in [6.07, 6.45) is 3.62. The SMILES string of the molecule is CC[C@@H]1C[C@@H](C(=O)O)CC[C@H]1c1ccc(OC)cc1. The first kappa shape index (κ1) is 13.9. The van der Waals surface area contributed by atoms with Crippen LogP contribution in [0.3, 0.4) is 0 Å². The van der Waals surface area contributed by atoms with Gasteiger partial charge in [-0.2, -0.15) is 0 Å². The van der Waals surface area contributed by atoms with Gasteiger partial charge in [0, 0.05) is 0 Å². The molecule has 1 aromatic rings. The molecule has 0 heterocycles. The van der Waals surface area contributed by atoms with Crippen LogP contribution in [0.2, 0.25) is 0 Å². The molecule has 0 bridgehead atoms. The van der Waals surface area contributed by atoms with Crippen molar-refractivity contribution in [2.45, 2.75) is 38.5 Å². The Labute approximate surface area is 114 Å². The van der Waals surface area contributed by atoms with Crippen LogP contribution in [0, 0.1) is 11.8 Å². The number of hydrogen-bond acceptors (Lipinski definition) is 2. The lowest BCUT2D eigenvalue weighted by Gasteiger charge is -2.34. The number of carbonyl (C=O) groups is 1. The van der Waals surface area contributed by atoms with Crippen molar-refractivity contribution in [1.82, 2.24) is 0 Å². The fraction of sp³-hybridized carbons (Fsp3) is 0.562. The van der Waals surface area contributed by atoms with Gasteiger partial charge in [0.05, 0.1) is 13.0 Å². The minimum atomic E-state index is -0.633. The predicted molar refractivity (Wildman–Crippen MR) is 74.5 cm³/mol. The Balaban J connectivity index is 2.12. The average molecular weight is 262 g/mol. The summed E-state index contributed by atoms with van der Waals surface area (Å²) in [5, 5.41) is 9.16. The highest BCUT2D eigenvalue weighted by Crippen LogP contribution is 2.42. The molecule has 1 aromatic carbocycles. The summed E-state index contributed by atoms with van der Waals surface area (Å²) < 4.78 is 5.18. The van der Waals surface area contributed by atoms with E-state index in [1.165, 1.54) is 5.56 Å². The topological polar surface area (TPSA) is 46.5 Å². The third kappa shape index (κ3) is 3.09. The van der Waals surface area contributed by atoms with Gasteiger partial charge >= 0.3 is 5.97 Å². The molecule has 2 rings (SSSR count). The Morgan fingerprint density at radius 1 is 1.32 bits per heavy atom. The quantitative estimate of drug-likeness (QED) is 0.900. The van der Waals surface area contributed by atoms with Crippen molar-refractivity contribution < 1.29 is 14.6 Å². The molecule has 1 fully saturated rings. The molecule has 1 N–H and O–H groups in total. The molecule has 0 spiro atoms. The molecular formula is C16H22O3. The van der Waals surface area contributed by atoms with Crippen LogP contribution in [0.1, 0.15) is 44.1 Å². The van der Waals surface area contributed by atoms with Gasteiger partial charge in [-0.15, -0.1) is 0 Å². The lowest BCUT2D eigenvalue weighted by molar-refractivity contribution is -0.143. The van der Waals surface area contributed by atoms with Crippen molar-refractivity contribution in [3.05, 3.63) is 29.8 Å². The Morgan fingerprint density at radius 2 is 2.00 bits per heavy atom. The number of carboxylic acid groups (broad SMARTS) is 1. The van der Waals surface area contributed by atoms with Crippen LogP contribution in [0.4, 0.5) is 0 Å². The zero-order chi connectivity index (χ0) is 13.8. The first-order valence-corrected chi connectivity index (χ1v) is 7.02. The standard InChI is InChI=1S/C16H22O3/c1-3-11-10-13(16(17)18)6-9-15(11)12-4-7-14(19-2)8-5-12/h4-5,7-8,11,13,15H,3,6,9-10H2,1-2H3,(H,17,18)/t11-,13+,15-/m1/s1. The van der Waals surface area contributed by atoms with Crippen LogP contribution in [-0.2, 0) is 4.79 Å². The summed E-state index contributed by atoms with van der Waals surface area (Å²) in [5.41, 5.74) is 1.32. The maximum Gasteiger partial charge on any atom is 0.306 e. The van der Waals surface area contributed by atoms with Crippen molar-refractivity contribution in [2.24, 2.45) is 11.8 Å². The van der Waals surface area contributed by atoms with E-state index in [1.54, 1.807) is 7.11 Å². The maximum absolute atomic E-state index is 11.1. The van der Waals surface area contributed by atoms with Crippen LogP contribution >= 0.6 is 0 Å². The summed E-state index contributed by atoms with van der Waals surface area (Å²) in [6.45, 7) is 2.16. The largest absolute Gasteiger partial charge is 0.497 e. The highest BCUT2D eigenvalue weighted by atomic mass is 16.5. The van der Waals surface area contributed by atoms with E-state index in [-0.39, 0.29) is 5.92 Å². The van der Waals surface area contributed by atoms with E-state index in [0.29, 0.717) is 11.8 Å². The zero-order valence-electron chi connectivity index (χ0n) is 11.6. The van der Waals surface area contributed by atoms with Gasteiger partial charge in [0.15, 0.2) is 0 Å². The van der Waals surface area contributed by atoms with Crippen LogP contribution in [0.15, 0.2) is 24.3 Å². The summed E-state index contributed by atoms with van der Waals surface area (Å²) in [7, 11) is 1.67. The highest BCUT2D eigenvalue weighted by Gasteiger charge is 2.33. The minimum Gasteiger partial charge on any atom is -0.497 e. The lowest BCUT2D eigenvalue weighted by atomic mass is 9.70. The maximum atomic E-state index is 11.1. The number of hydrogen-bond donors (Lipinski definition) is 1. The molecule has 0 aromatic heterocycles. The van der Waals surface area contributed by atoms with Crippen LogP contribution in [-0.4, -0.2) is 18.2 Å². The number of methoxy groups -OCH3 is 1. The Hall–Kier alpha value is -1.51. The minimum absolute atomic E-state index is 0.153. The summed E-state index contributed by atoms with van der Waals surface area (Å²) in [4.78, 5) is 11.1. The molecule has 1 aliphatic rings. The van der Waals surface area contributed by atoms with Crippen molar-refractivity contribution in [3.63, 3.8) is 0 Å². The molecule has 1 saturated carbocycles. The summed E-state index contributed by atoms with van der Waals surface area (Å²) >= 11 is 0. The highest BCUT2D eigenvalue weighted by molar-refractivity contribution is 5.70. The summed E-state index contributed by atoms with van der Waals surface area (Å²) in [6, 6.07) is 8.22. The van der Waals surface area contributed by atoms with Gasteiger partial charge in [0.2, 0.25) is 0 Å². The first-order chi connectivity index (χ1) is 9.15. The van der Waals surface area contributed by atoms with Gasteiger partial charge in [-0.25, -0.2) is 0 Å². The van der Waals surface area contributed by atoms with Gasteiger partial charge in [-0.1, -0.05) is 25.5 Å². The number of carboxylic acids is 1. The number of benzene rings is 1. The van der Waals surface area contributed by atoms with E-state index < -0.39 is 5.97 Å². The van der Waals surface area contributed by atoms with Crippen molar-refractivity contribution >= 4 is 5.97 Å². The molecule has 0 saturated heterocycles. The third-order valence-electron chi connectivity index (χ3n) is 4.40. The van der Waals surface area contributed by atoms with Crippen molar-refractivity contribution in [1.29, 1.82) is 0 Å². The normalized spacial score (nSPS) is 26.9. The molecular weight excluding hydrogens is 240 g/mol. The smallest absolute Gasteiger partial charge is 0.306 e. The molecule has 1 aliphatic carbocycles. The molecule has 19 heavy (non-hydrogen) atoms. The van der Waals surface area contributed by atoms with E-state index >= 15 is 0 Å². The Bertz CT molecular complexity index is 424. The van der Waals surface area contributed by atoms with Gasteiger partial charge in [0.25, 0.3) is 0 Å².